The second-order valence-corrected chi connectivity index (χ2v) is 8.61. The first-order valence-electron chi connectivity index (χ1n) is 9.86. The van der Waals surface area contributed by atoms with Crippen molar-refractivity contribution < 1.29 is 9.32 Å². The minimum Gasteiger partial charge on any atom is -0.339 e. The van der Waals surface area contributed by atoms with Crippen LogP contribution in [-0.2, 0) is 0 Å². The number of hydrogen-bond acceptors (Lipinski definition) is 6. The van der Waals surface area contributed by atoms with Crippen molar-refractivity contribution in [3.8, 4) is 0 Å². The van der Waals surface area contributed by atoms with Gasteiger partial charge in [-0.25, -0.2) is 0 Å². The molecule has 6 nitrogen and oxygen atoms in total. The van der Waals surface area contributed by atoms with Crippen LogP contribution in [-0.4, -0.2) is 39.0 Å². The lowest BCUT2D eigenvalue weighted by Crippen LogP contribution is -2.28. The summed E-state index contributed by atoms with van der Waals surface area (Å²) >= 11 is 1.48. The summed E-state index contributed by atoms with van der Waals surface area (Å²) in [4.78, 5) is 24.7. The van der Waals surface area contributed by atoms with Crippen LogP contribution >= 0.6 is 11.3 Å². The summed E-state index contributed by atoms with van der Waals surface area (Å²) in [7, 11) is 0. The van der Waals surface area contributed by atoms with E-state index in [0.29, 0.717) is 24.9 Å². The quantitative estimate of drug-likeness (QED) is 0.663. The molecule has 0 aromatic carbocycles. The standard InChI is InChI=1S/C21H22N4O2S/c26-21(18-8-4-10-28-18)25-12-16(15-7-3-9-22-11-15)17(13-25)20-23-19(24-27-20)14-5-1-2-6-14/h3-4,7-11,14,16-17H,1-2,5-6,12-13H2/t16-,17+/m0/s1. The summed E-state index contributed by atoms with van der Waals surface area (Å²) < 4.78 is 5.71. The molecule has 4 heterocycles. The predicted molar refractivity (Wildman–Crippen MR) is 105 cm³/mol. The fourth-order valence-electron chi connectivity index (χ4n) is 4.46. The van der Waals surface area contributed by atoms with Crippen LogP contribution in [0.25, 0.3) is 0 Å². The minimum absolute atomic E-state index is 0.00392. The van der Waals surface area contributed by atoms with Gasteiger partial charge < -0.3 is 9.42 Å². The Kier molecular flexibility index (Phi) is 4.68. The fourth-order valence-corrected chi connectivity index (χ4v) is 5.15. The summed E-state index contributed by atoms with van der Waals surface area (Å²) in [5, 5.41) is 6.22. The molecule has 5 rings (SSSR count). The van der Waals surface area contributed by atoms with E-state index in [4.69, 9.17) is 9.51 Å². The fraction of sp³-hybridized carbons (Fsp3) is 0.429. The van der Waals surface area contributed by atoms with Gasteiger partial charge >= 0.3 is 0 Å². The van der Waals surface area contributed by atoms with Crippen molar-refractivity contribution in [1.29, 1.82) is 0 Å². The molecule has 0 bridgehead atoms. The topological polar surface area (TPSA) is 72.1 Å². The van der Waals surface area contributed by atoms with E-state index in [1.54, 1.807) is 6.20 Å². The molecule has 3 aromatic heterocycles. The van der Waals surface area contributed by atoms with E-state index < -0.39 is 0 Å². The molecule has 1 saturated heterocycles. The SMILES string of the molecule is O=C(c1cccs1)N1C[C@@H](c2cccnc2)[C@H](c2nc(C3CCCC3)no2)C1. The van der Waals surface area contributed by atoms with Crippen LogP contribution < -0.4 is 0 Å². The van der Waals surface area contributed by atoms with E-state index in [1.165, 1.54) is 24.2 Å². The normalized spacial score (nSPS) is 22.8. The zero-order chi connectivity index (χ0) is 18.9. The number of carbonyl (C=O) groups excluding carboxylic acids is 1. The Labute approximate surface area is 167 Å². The zero-order valence-electron chi connectivity index (χ0n) is 15.5. The number of carbonyl (C=O) groups is 1. The Balaban J connectivity index is 1.44. The van der Waals surface area contributed by atoms with Gasteiger partial charge in [-0.2, -0.15) is 4.98 Å². The van der Waals surface area contributed by atoms with Gasteiger partial charge in [0.1, 0.15) is 0 Å². The number of amides is 1. The molecule has 7 heteroatoms. The Morgan fingerprint density at radius 1 is 1.14 bits per heavy atom. The molecule has 0 N–H and O–H groups in total. The summed E-state index contributed by atoms with van der Waals surface area (Å²) in [5.74, 6) is 2.07. The molecular formula is C21H22N4O2S. The summed E-state index contributed by atoms with van der Waals surface area (Å²) in [6.07, 6.45) is 8.40. The number of thiophene rings is 1. The highest BCUT2D eigenvalue weighted by atomic mass is 32.1. The molecule has 2 atom stereocenters. The van der Waals surface area contributed by atoms with Crippen molar-refractivity contribution in [2.24, 2.45) is 0 Å². The maximum Gasteiger partial charge on any atom is 0.263 e. The van der Waals surface area contributed by atoms with Crippen LogP contribution in [0.3, 0.4) is 0 Å². The number of likely N-dealkylation sites (tertiary alicyclic amines) is 1. The van der Waals surface area contributed by atoms with Gasteiger partial charge in [0.15, 0.2) is 5.82 Å². The van der Waals surface area contributed by atoms with Gasteiger partial charge in [-0.1, -0.05) is 30.1 Å². The van der Waals surface area contributed by atoms with Gasteiger partial charge in [0.2, 0.25) is 5.89 Å². The minimum atomic E-state index is -0.00392. The van der Waals surface area contributed by atoms with E-state index >= 15 is 0 Å². The maximum atomic E-state index is 12.9. The van der Waals surface area contributed by atoms with Crippen molar-refractivity contribution in [2.75, 3.05) is 13.1 Å². The van der Waals surface area contributed by atoms with Crippen LogP contribution in [0.2, 0.25) is 0 Å². The van der Waals surface area contributed by atoms with E-state index in [9.17, 15) is 4.79 Å². The lowest BCUT2D eigenvalue weighted by atomic mass is 9.90. The number of pyridine rings is 1. The molecule has 1 amide bonds. The summed E-state index contributed by atoms with van der Waals surface area (Å²) in [6, 6.07) is 7.80. The summed E-state index contributed by atoms with van der Waals surface area (Å²) in [6.45, 7) is 1.22. The van der Waals surface area contributed by atoms with Crippen LogP contribution in [0, 0.1) is 0 Å². The van der Waals surface area contributed by atoms with Crippen LogP contribution in [0.15, 0.2) is 46.6 Å². The van der Waals surface area contributed by atoms with Gasteiger partial charge in [-0.15, -0.1) is 11.3 Å². The maximum absolute atomic E-state index is 12.9. The van der Waals surface area contributed by atoms with Gasteiger partial charge in [0.25, 0.3) is 5.91 Å². The van der Waals surface area contributed by atoms with Crippen LogP contribution in [0.5, 0.6) is 0 Å². The van der Waals surface area contributed by atoms with Gasteiger partial charge in [-0.05, 0) is 35.9 Å². The van der Waals surface area contributed by atoms with Crippen molar-refractivity contribution in [2.45, 2.75) is 43.4 Å². The molecule has 144 valence electrons. The highest BCUT2D eigenvalue weighted by Gasteiger charge is 2.41. The number of nitrogens with zero attached hydrogens (tertiary/aromatic N) is 4. The van der Waals surface area contributed by atoms with Crippen molar-refractivity contribution in [1.82, 2.24) is 20.0 Å². The third kappa shape index (κ3) is 3.24. The van der Waals surface area contributed by atoms with E-state index in [0.717, 1.165) is 29.1 Å². The lowest BCUT2D eigenvalue weighted by molar-refractivity contribution is 0.0793. The van der Waals surface area contributed by atoms with E-state index in [1.807, 2.05) is 34.7 Å². The zero-order valence-corrected chi connectivity index (χ0v) is 16.3. The number of hydrogen-bond donors (Lipinski definition) is 0. The smallest absolute Gasteiger partial charge is 0.263 e. The molecule has 0 unspecified atom stereocenters. The first-order valence-corrected chi connectivity index (χ1v) is 10.7. The molecule has 1 aliphatic heterocycles. The Morgan fingerprint density at radius 2 is 2.00 bits per heavy atom. The molecule has 2 aliphatic rings. The average Bonchev–Trinajstić information content (AvgIpc) is 3.53. The second kappa shape index (κ2) is 7.47. The molecule has 28 heavy (non-hydrogen) atoms. The van der Waals surface area contributed by atoms with E-state index in [2.05, 4.69) is 16.2 Å². The van der Waals surface area contributed by atoms with Gasteiger partial charge in [0, 0.05) is 37.3 Å². The van der Waals surface area contributed by atoms with Gasteiger partial charge in [0.05, 0.1) is 10.8 Å². The highest BCUT2D eigenvalue weighted by Crippen LogP contribution is 2.40. The second-order valence-electron chi connectivity index (χ2n) is 7.66. The molecular weight excluding hydrogens is 372 g/mol. The van der Waals surface area contributed by atoms with E-state index in [-0.39, 0.29) is 17.7 Å². The van der Waals surface area contributed by atoms with Crippen molar-refractivity contribution >= 4 is 17.2 Å². The molecule has 0 spiro atoms. The molecule has 3 aromatic rings. The third-order valence-electron chi connectivity index (χ3n) is 5.95. The Morgan fingerprint density at radius 3 is 2.75 bits per heavy atom. The first kappa shape index (κ1) is 17.6. The van der Waals surface area contributed by atoms with Crippen LogP contribution in [0.4, 0.5) is 0 Å². The highest BCUT2D eigenvalue weighted by molar-refractivity contribution is 7.12. The van der Waals surface area contributed by atoms with Crippen LogP contribution in [0.1, 0.15) is 70.4 Å². The molecule has 2 fully saturated rings. The first-order chi connectivity index (χ1) is 13.8. The molecule has 1 saturated carbocycles. The van der Waals surface area contributed by atoms with Gasteiger partial charge in [-0.3, -0.25) is 9.78 Å². The lowest BCUT2D eigenvalue weighted by Gasteiger charge is -2.15. The number of rotatable bonds is 4. The number of aromatic nitrogens is 3. The largest absolute Gasteiger partial charge is 0.339 e. The van der Waals surface area contributed by atoms with Crippen molar-refractivity contribution in [3.05, 3.63) is 64.2 Å². The predicted octanol–water partition coefficient (Wildman–Crippen LogP) is 4.21. The monoisotopic (exact) mass is 394 g/mol. The Hall–Kier alpha value is -2.54. The Bertz CT molecular complexity index is 934. The average molecular weight is 395 g/mol. The molecule has 0 radical (unpaired) electrons. The third-order valence-corrected chi connectivity index (χ3v) is 6.80. The molecule has 1 aliphatic carbocycles. The van der Waals surface area contributed by atoms with Crippen molar-refractivity contribution in [3.63, 3.8) is 0 Å². The summed E-state index contributed by atoms with van der Waals surface area (Å²) in [5.41, 5.74) is 1.11.